The molecule has 1 nitrogen and oxygen atoms in total. The Morgan fingerprint density at radius 3 is 2.71 bits per heavy atom. The molecule has 0 bridgehead atoms. The van der Waals surface area contributed by atoms with Crippen LogP contribution in [-0.4, -0.2) is 0 Å². The monoisotopic (exact) mass is 233 g/mol. The predicted molar refractivity (Wildman–Crippen MR) is 56.2 cm³/mol. The van der Waals surface area contributed by atoms with Gasteiger partial charge in [0.15, 0.2) is 0 Å². The van der Waals surface area contributed by atoms with Crippen LogP contribution in [0.15, 0.2) is 17.5 Å². The molecule has 0 saturated carbocycles. The zero-order chi connectivity index (χ0) is 10.3. The summed E-state index contributed by atoms with van der Waals surface area (Å²) < 4.78 is 25.6. The van der Waals surface area contributed by atoms with Gasteiger partial charge in [0.2, 0.25) is 0 Å². The van der Waals surface area contributed by atoms with Crippen LogP contribution in [0.2, 0.25) is 5.02 Å². The largest absolute Gasteiger partial charge is 0.398 e. The number of fused-ring (bicyclic) bond motifs is 1. The Kier molecular flexibility index (Phi) is 2.33. The van der Waals surface area contributed by atoms with E-state index in [9.17, 15) is 8.78 Å². The van der Waals surface area contributed by atoms with E-state index in [0.29, 0.717) is 16.1 Å². The van der Waals surface area contributed by atoms with Crippen molar-refractivity contribution >= 4 is 38.7 Å². The zero-order valence-corrected chi connectivity index (χ0v) is 8.50. The number of alkyl halides is 2. The summed E-state index contributed by atoms with van der Waals surface area (Å²) in [4.78, 5) is 0. The quantitative estimate of drug-likeness (QED) is 0.738. The van der Waals surface area contributed by atoms with E-state index in [1.54, 1.807) is 5.38 Å². The fourth-order valence-corrected chi connectivity index (χ4v) is 2.46. The van der Waals surface area contributed by atoms with Crippen molar-refractivity contribution in [1.82, 2.24) is 0 Å². The molecule has 0 amide bonds. The zero-order valence-electron chi connectivity index (χ0n) is 6.93. The van der Waals surface area contributed by atoms with E-state index in [0.717, 1.165) is 4.70 Å². The van der Waals surface area contributed by atoms with Gasteiger partial charge >= 0.3 is 0 Å². The Morgan fingerprint density at radius 1 is 1.36 bits per heavy atom. The Morgan fingerprint density at radius 2 is 2.07 bits per heavy atom. The Labute approximate surface area is 88.1 Å². The molecule has 14 heavy (non-hydrogen) atoms. The molecular weight excluding hydrogens is 228 g/mol. The van der Waals surface area contributed by atoms with Crippen LogP contribution >= 0.6 is 22.9 Å². The Bertz CT molecular complexity index is 481. The molecule has 0 aliphatic carbocycles. The molecule has 1 heterocycles. The standard InChI is InChI=1S/C9H6ClF2NS/c10-6-3-14-8-5(6)1-4(9(11)12)2-7(8)13/h1-3,9H,13H2. The maximum atomic E-state index is 12.4. The topological polar surface area (TPSA) is 26.0 Å². The number of anilines is 1. The van der Waals surface area contributed by atoms with Gasteiger partial charge in [-0.3, -0.25) is 0 Å². The molecule has 0 atom stereocenters. The van der Waals surface area contributed by atoms with Crippen molar-refractivity contribution in [3.05, 3.63) is 28.1 Å². The second kappa shape index (κ2) is 3.37. The van der Waals surface area contributed by atoms with E-state index >= 15 is 0 Å². The fraction of sp³-hybridized carbons (Fsp3) is 0.111. The number of thiophene rings is 1. The van der Waals surface area contributed by atoms with Crippen molar-refractivity contribution < 1.29 is 8.78 Å². The molecule has 5 heteroatoms. The lowest BCUT2D eigenvalue weighted by molar-refractivity contribution is 0.151. The number of nitrogen functional groups attached to an aromatic ring is 1. The molecule has 0 aliphatic heterocycles. The van der Waals surface area contributed by atoms with Gasteiger partial charge in [-0.05, 0) is 12.1 Å². The third-order valence-electron chi connectivity index (χ3n) is 1.93. The number of benzene rings is 1. The van der Waals surface area contributed by atoms with Crippen molar-refractivity contribution in [3.63, 3.8) is 0 Å². The van der Waals surface area contributed by atoms with Crippen molar-refractivity contribution in [2.24, 2.45) is 0 Å². The van der Waals surface area contributed by atoms with Gasteiger partial charge in [-0.1, -0.05) is 11.6 Å². The summed E-state index contributed by atoms with van der Waals surface area (Å²) in [7, 11) is 0. The van der Waals surface area contributed by atoms with Gasteiger partial charge in [0.25, 0.3) is 6.43 Å². The first kappa shape index (κ1) is 9.68. The molecule has 0 spiro atoms. The van der Waals surface area contributed by atoms with Crippen LogP contribution in [-0.2, 0) is 0 Å². The lowest BCUT2D eigenvalue weighted by atomic mass is 10.1. The maximum absolute atomic E-state index is 12.4. The van der Waals surface area contributed by atoms with E-state index in [1.165, 1.54) is 23.5 Å². The molecule has 0 unspecified atom stereocenters. The molecule has 1 aromatic heterocycles. The van der Waals surface area contributed by atoms with E-state index < -0.39 is 6.43 Å². The molecular formula is C9H6ClF2NS. The smallest absolute Gasteiger partial charge is 0.263 e. The minimum absolute atomic E-state index is 0.0877. The SMILES string of the molecule is Nc1cc(C(F)F)cc2c(Cl)csc12. The first-order valence-electron chi connectivity index (χ1n) is 3.84. The average molecular weight is 234 g/mol. The van der Waals surface area contributed by atoms with E-state index in [1.807, 2.05) is 0 Å². The summed E-state index contributed by atoms with van der Waals surface area (Å²) in [6.07, 6.45) is -2.52. The van der Waals surface area contributed by atoms with Crippen LogP contribution in [0.4, 0.5) is 14.5 Å². The van der Waals surface area contributed by atoms with Crippen LogP contribution in [0.3, 0.4) is 0 Å². The van der Waals surface area contributed by atoms with Gasteiger partial charge in [-0.2, -0.15) is 0 Å². The summed E-state index contributed by atoms with van der Waals surface area (Å²) in [6.45, 7) is 0. The second-order valence-electron chi connectivity index (χ2n) is 2.87. The minimum Gasteiger partial charge on any atom is -0.398 e. The molecule has 2 aromatic rings. The maximum Gasteiger partial charge on any atom is 0.263 e. The molecule has 1 aromatic carbocycles. The van der Waals surface area contributed by atoms with Gasteiger partial charge in [-0.15, -0.1) is 11.3 Å². The molecule has 0 aliphatic rings. The molecule has 0 saturated heterocycles. The van der Waals surface area contributed by atoms with Gasteiger partial charge in [0.1, 0.15) is 0 Å². The van der Waals surface area contributed by atoms with Gasteiger partial charge in [-0.25, -0.2) is 8.78 Å². The van der Waals surface area contributed by atoms with Crippen molar-refractivity contribution in [2.75, 3.05) is 5.73 Å². The van der Waals surface area contributed by atoms with E-state index in [-0.39, 0.29) is 5.56 Å². The van der Waals surface area contributed by atoms with Gasteiger partial charge in [0, 0.05) is 16.3 Å². The number of hydrogen-bond acceptors (Lipinski definition) is 2. The molecule has 2 N–H and O–H groups in total. The van der Waals surface area contributed by atoms with E-state index in [4.69, 9.17) is 17.3 Å². The van der Waals surface area contributed by atoms with Crippen LogP contribution < -0.4 is 5.73 Å². The van der Waals surface area contributed by atoms with E-state index in [2.05, 4.69) is 0 Å². The minimum atomic E-state index is -2.52. The Balaban J connectivity index is 2.75. The van der Waals surface area contributed by atoms with Crippen molar-refractivity contribution in [2.45, 2.75) is 6.43 Å². The molecule has 74 valence electrons. The third kappa shape index (κ3) is 1.44. The summed E-state index contributed by atoms with van der Waals surface area (Å²) in [6, 6.07) is 2.68. The number of rotatable bonds is 1. The average Bonchev–Trinajstić information content (AvgIpc) is 2.48. The number of nitrogens with two attached hydrogens (primary N) is 1. The Hall–Kier alpha value is -0.870. The highest BCUT2D eigenvalue weighted by Crippen LogP contribution is 2.36. The van der Waals surface area contributed by atoms with Gasteiger partial charge < -0.3 is 5.73 Å². The lowest BCUT2D eigenvalue weighted by Gasteiger charge is -2.02. The number of hydrogen-bond donors (Lipinski definition) is 1. The van der Waals surface area contributed by atoms with Crippen LogP contribution in [0.1, 0.15) is 12.0 Å². The van der Waals surface area contributed by atoms with Crippen LogP contribution in [0.5, 0.6) is 0 Å². The summed E-state index contributed by atoms with van der Waals surface area (Å²) in [5.74, 6) is 0. The third-order valence-corrected chi connectivity index (χ3v) is 3.42. The molecule has 2 rings (SSSR count). The van der Waals surface area contributed by atoms with Crippen molar-refractivity contribution in [1.29, 1.82) is 0 Å². The molecule has 0 fully saturated rings. The first-order chi connectivity index (χ1) is 6.59. The predicted octanol–water partition coefficient (Wildman–Crippen LogP) is 4.07. The van der Waals surface area contributed by atoms with Crippen LogP contribution in [0.25, 0.3) is 10.1 Å². The second-order valence-corrected chi connectivity index (χ2v) is 4.16. The van der Waals surface area contributed by atoms with Crippen LogP contribution in [0, 0.1) is 0 Å². The highest BCUT2D eigenvalue weighted by atomic mass is 35.5. The summed E-state index contributed by atoms with van der Waals surface area (Å²) >= 11 is 7.19. The normalized spacial score (nSPS) is 11.4. The molecule has 0 radical (unpaired) electrons. The van der Waals surface area contributed by atoms with Gasteiger partial charge in [0.05, 0.1) is 15.4 Å². The summed E-state index contributed by atoms with van der Waals surface area (Å²) in [5.41, 5.74) is 5.90. The highest BCUT2D eigenvalue weighted by Gasteiger charge is 2.12. The fourth-order valence-electron chi connectivity index (χ4n) is 1.28. The number of halogens is 3. The summed E-state index contributed by atoms with van der Waals surface area (Å²) in [5, 5.41) is 2.77. The van der Waals surface area contributed by atoms with Crippen molar-refractivity contribution in [3.8, 4) is 0 Å². The lowest BCUT2D eigenvalue weighted by Crippen LogP contribution is -1.89. The highest BCUT2D eigenvalue weighted by molar-refractivity contribution is 7.18. The first-order valence-corrected chi connectivity index (χ1v) is 5.09.